The monoisotopic (exact) mass is 219 g/mol. The average Bonchev–Trinajstić information content (AvgIpc) is 2.58. The Bertz CT molecular complexity index is 392. The van der Waals surface area contributed by atoms with Gasteiger partial charge >= 0.3 is 0 Å². The Morgan fingerprint density at radius 1 is 1.44 bits per heavy atom. The number of nitrogens with two attached hydrogens (primary N) is 1. The Kier molecular flexibility index (Phi) is 3.22. The number of carbonyl (C=O) groups is 1. The van der Waals surface area contributed by atoms with Crippen molar-refractivity contribution >= 4 is 5.91 Å². The molecule has 1 amide bonds. The van der Waals surface area contributed by atoms with Crippen molar-refractivity contribution in [2.75, 3.05) is 0 Å². The van der Waals surface area contributed by atoms with Crippen LogP contribution in [0.1, 0.15) is 24.5 Å². The second-order valence-corrected chi connectivity index (χ2v) is 4.19. The fourth-order valence-electron chi connectivity index (χ4n) is 1.98. The van der Waals surface area contributed by atoms with Gasteiger partial charge in [-0.05, 0) is 18.1 Å². The van der Waals surface area contributed by atoms with Gasteiger partial charge in [-0.15, -0.1) is 0 Å². The summed E-state index contributed by atoms with van der Waals surface area (Å²) in [6.45, 7) is 3.30. The van der Waals surface area contributed by atoms with E-state index in [1.165, 1.54) is 5.56 Å². The van der Waals surface area contributed by atoms with Crippen LogP contribution in [0.3, 0.4) is 0 Å². The highest BCUT2D eigenvalue weighted by Crippen LogP contribution is 2.16. The number of rotatable bonds is 3. The molecule has 0 radical (unpaired) electrons. The van der Waals surface area contributed by atoms with E-state index in [0.717, 1.165) is 12.1 Å². The summed E-state index contributed by atoms with van der Waals surface area (Å²) >= 11 is 0. The third-order valence-corrected chi connectivity index (χ3v) is 2.96. The van der Waals surface area contributed by atoms with Crippen LogP contribution in [0.25, 0.3) is 0 Å². The Morgan fingerprint density at radius 3 is 2.69 bits per heavy atom. The van der Waals surface area contributed by atoms with Gasteiger partial charge in [-0.2, -0.15) is 0 Å². The predicted molar refractivity (Wildman–Crippen MR) is 62.1 cm³/mol. The molecule has 1 aliphatic heterocycles. The van der Waals surface area contributed by atoms with Gasteiger partial charge in [-0.25, -0.2) is 5.01 Å². The quantitative estimate of drug-likeness (QED) is 0.789. The van der Waals surface area contributed by atoms with Crippen molar-refractivity contribution in [1.82, 2.24) is 10.4 Å². The Hall–Kier alpha value is -1.39. The smallest absolute Gasteiger partial charge is 0.235 e. The van der Waals surface area contributed by atoms with Gasteiger partial charge in [0.1, 0.15) is 0 Å². The molecule has 1 heterocycles. The van der Waals surface area contributed by atoms with Gasteiger partial charge in [0, 0.05) is 25.6 Å². The van der Waals surface area contributed by atoms with Crippen molar-refractivity contribution in [3.63, 3.8) is 0 Å². The molecule has 1 aromatic rings. The second kappa shape index (κ2) is 4.63. The molecule has 3 N–H and O–H groups in total. The van der Waals surface area contributed by atoms with E-state index in [9.17, 15) is 4.79 Å². The first-order valence-electron chi connectivity index (χ1n) is 5.53. The van der Waals surface area contributed by atoms with Crippen molar-refractivity contribution in [1.29, 1.82) is 0 Å². The van der Waals surface area contributed by atoms with Crippen molar-refractivity contribution in [3.8, 4) is 0 Å². The average molecular weight is 219 g/mol. The Balaban J connectivity index is 2.11. The summed E-state index contributed by atoms with van der Waals surface area (Å²) in [6.07, 6.45) is 0.574. The maximum atomic E-state index is 11.2. The maximum Gasteiger partial charge on any atom is 0.235 e. The zero-order valence-electron chi connectivity index (χ0n) is 9.44. The number of hydrazine groups is 1. The molecule has 1 unspecified atom stereocenters. The van der Waals surface area contributed by atoms with Crippen LogP contribution < -0.4 is 11.2 Å². The zero-order chi connectivity index (χ0) is 11.5. The number of hydrogen-bond donors (Lipinski definition) is 2. The Labute approximate surface area is 95.4 Å². The molecule has 86 valence electrons. The van der Waals surface area contributed by atoms with Gasteiger partial charge in [0.25, 0.3) is 0 Å². The zero-order valence-corrected chi connectivity index (χ0v) is 9.44. The summed E-state index contributed by atoms with van der Waals surface area (Å²) < 4.78 is 0. The Morgan fingerprint density at radius 2 is 2.12 bits per heavy atom. The number of amides is 1. The highest BCUT2D eigenvalue weighted by atomic mass is 16.2. The minimum Gasteiger partial charge on any atom is -0.326 e. The minimum absolute atomic E-state index is 0.0951. The molecule has 1 aromatic carbocycles. The van der Waals surface area contributed by atoms with Crippen LogP contribution in [-0.2, 0) is 17.9 Å². The molecule has 4 heteroatoms. The third-order valence-electron chi connectivity index (χ3n) is 2.96. The molecule has 0 saturated carbocycles. The van der Waals surface area contributed by atoms with Crippen molar-refractivity contribution < 1.29 is 4.79 Å². The van der Waals surface area contributed by atoms with Gasteiger partial charge in [-0.1, -0.05) is 24.3 Å². The van der Waals surface area contributed by atoms with Crippen LogP contribution in [0, 0.1) is 0 Å². The first kappa shape index (κ1) is 11.1. The SMILES string of the molecule is CC1CC(=O)NN1Cc1ccccc1CN. The highest BCUT2D eigenvalue weighted by Gasteiger charge is 2.26. The van der Waals surface area contributed by atoms with Gasteiger partial charge in [-0.3, -0.25) is 10.2 Å². The number of hydrogen-bond acceptors (Lipinski definition) is 3. The van der Waals surface area contributed by atoms with Gasteiger partial charge in [0.2, 0.25) is 5.91 Å². The van der Waals surface area contributed by atoms with Crippen LogP contribution in [-0.4, -0.2) is 17.0 Å². The van der Waals surface area contributed by atoms with E-state index in [2.05, 4.69) is 11.5 Å². The van der Waals surface area contributed by atoms with Gasteiger partial charge in [0.05, 0.1) is 0 Å². The van der Waals surface area contributed by atoms with Crippen molar-refractivity contribution in [2.24, 2.45) is 5.73 Å². The molecule has 0 aliphatic carbocycles. The lowest BCUT2D eigenvalue weighted by Crippen LogP contribution is -2.36. The fourth-order valence-corrected chi connectivity index (χ4v) is 1.98. The number of carbonyl (C=O) groups excluding carboxylic acids is 1. The topological polar surface area (TPSA) is 58.4 Å². The molecule has 1 fully saturated rings. The number of benzene rings is 1. The molecule has 1 atom stereocenters. The maximum absolute atomic E-state index is 11.2. The molecular formula is C12H17N3O. The molecule has 2 rings (SSSR count). The molecule has 1 saturated heterocycles. The third kappa shape index (κ3) is 2.23. The minimum atomic E-state index is 0.0951. The van der Waals surface area contributed by atoms with Crippen LogP contribution >= 0.6 is 0 Å². The lowest BCUT2D eigenvalue weighted by atomic mass is 10.1. The summed E-state index contributed by atoms with van der Waals surface area (Å²) in [7, 11) is 0. The highest BCUT2D eigenvalue weighted by molar-refractivity contribution is 5.77. The lowest BCUT2D eigenvalue weighted by Gasteiger charge is -2.21. The molecule has 16 heavy (non-hydrogen) atoms. The summed E-state index contributed by atoms with van der Waals surface area (Å²) in [5.74, 6) is 0.0951. The molecule has 0 aromatic heterocycles. The lowest BCUT2D eigenvalue weighted by molar-refractivity contribution is -0.121. The van der Waals surface area contributed by atoms with E-state index in [1.54, 1.807) is 0 Å². The van der Waals surface area contributed by atoms with Gasteiger partial charge < -0.3 is 5.73 Å². The van der Waals surface area contributed by atoms with Crippen LogP contribution in [0.4, 0.5) is 0 Å². The summed E-state index contributed by atoms with van der Waals surface area (Å²) in [5.41, 5.74) is 10.9. The van der Waals surface area contributed by atoms with Gasteiger partial charge in [0.15, 0.2) is 0 Å². The number of nitrogens with one attached hydrogen (secondary N) is 1. The van der Waals surface area contributed by atoms with E-state index < -0.39 is 0 Å². The van der Waals surface area contributed by atoms with Crippen LogP contribution in [0.15, 0.2) is 24.3 Å². The molecule has 0 spiro atoms. The summed E-state index contributed by atoms with van der Waals surface area (Å²) in [4.78, 5) is 11.2. The second-order valence-electron chi connectivity index (χ2n) is 4.19. The predicted octanol–water partition coefficient (Wildman–Crippen LogP) is 0.771. The first-order chi connectivity index (χ1) is 7.70. The van der Waals surface area contributed by atoms with E-state index >= 15 is 0 Å². The molecular weight excluding hydrogens is 202 g/mol. The summed E-state index contributed by atoms with van der Waals surface area (Å²) in [6, 6.07) is 8.31. The summed E-state index contributed by atoms with van der Waals surface area (Å²) in [5, 5.41) is 1.97. The van der Waals surface area contributed by atoms with Crippen molar-refractivity contribution in [3.05, 3.63) is 35.4 Å². The number of nitrogens with zero attached hydrogens (tertiary/aromatic N) is 1. The van der Waals surface area contributed by atoms with E-state index in [-0.39, 0.29) is 11.9 Å². The van der Waals surface area contributed by atoms with E-state index in [1.807, 2.05) is 30.1 Å². The first-order valence-corrected chi connectivity index (χ1v) is 5.53. The van der Waals surface area contributed by atoms with Crippen LogP contribution in [0.5, 0.6) is 0 Å². The molecule has 1 aliphatic rings. The standard InChI is InChI=1S/C12H17N3O/c1-9-6-12(16)14-15(9)8-11-5-3-2-4-10(11)7-13/h2-5,9H,6-8,13H2,1H3,(H,14,16). The van der Waals surface area contributed by atoms with E-state index in [4.69, 9.17) is 5.73 Å². The molecule has 0 bridgehead atoms. The normalized spacial score (nSPS) is 21.1. The largest absolute Gasteiger partial charge is 0.326 e. The van der Waals surface area contributed by atoms with Crippen molar-refractivity contribution in [2.45, 2.75) is 32.5 Å². The van der Waals surface area contributed by atoms with E-state index in [0.29, 0.717) is 13.0 Å². The molecule has 4 nitrogen and oxygen atoms in total. The van der Waals surface area contributed by atoms with Crippen LogP contribution in [0.2, 0.25) is 0 Å². The fraction of sp³-hybridized carbons (Fsp3) is 0.417.